The Morgan fingerprint density at radius 2 is 1.67 bits per heavy atom. The lowest BCUT2D eigenvalue weighted by Gasteiger charge is -2.18. The van der Waals surface area contributed by atoms with E-state index in [1.54, 1.807) is 6.26 Å². The molecule has 0 amide bonds. The van der Waals surface area contributed by atoms with Crippen LogP contribution in [0.25, 0.3) is 49.9 Å². The molecular formula is C30H26N2O. The standard InChI is InChI=1S/C30H26N2O/c1-30(2,3)18-20-15-16-28-23(17-20)24(19-33-28)29-31-25-12-6-7-13-27(25)32(29)26-14-8-10-21-9-4-5-11-22(21)26/h4-17,19H,18H2,1-3H3/i18D2. The van der Waals surface area contributed by atoms with E-state index in [0.29, 0.717) is 11.1 Å². The van der Waals surface area contributed by atoms with E-state index in [0.717, 1.165) is 44.3 Å². The lowest BCUT2D eigenvalue weighted by atomic mass is 9.88. The van der Waals surface area contributed by atoms with Crippen molar-refractivity contribution in [2.24, 2.45) is 5.41 Å². The summed E-state index contributed by atoms with van der Waals surface area (Å²) in [5.74, 6) is 0.773. The van der Waals surface area contributed by atoms with E-state index in [2.05, 4.69) is 47.0 Å². The van der Waals surface area contributed by atoms with Crippen LogP contribution in [0.3, 0.4) is 0 Å². The SMILES string of the molecule is [2H]C([2H])(c1ccc2occ(-c3nc4ccccc4n3-c3cccc4ccccc34)c2c1)C(C)(C)C. The monoisotopic (exact) mass is 432 g/mol. The van der Waals surface area contributed by atoms with E-state index in [1.807, 2.05) is 63.2 Å². The van der Waals surface area contributed by atoms with Gasteiger partial charge in [0.25, 0.3) is 0 Å². The quantitative estimate of drug-likeness (QED) is 0.282. The smallest absolute Gasteiger partial charge is 0.149 e. The van der Waals surface area contributed by atoms with E-state index in [9.17, 15) is 0 Å². The number of benzene rings is 4. The maximum absolute atomic E-state index is 8.79. The zero-order valence-corrected chi connectivity index (χ0v) is 19.0. The molecule has 33 heavy (non-hydrogen) atoms. The number of imidazole rings is 1. The van der Waals surface area contributed by atoms with Gasteiger partial charge in [-0.2, -0.15) is 0 Å². The molecule has 0 radical (unpaired) electrons. The largest absolute Gasteiger partial charge is 0.464 e. The third-order valence-corrected chi connectivity index (χ3v) is 5.90. The fraction of sp³-hybridized carbons (Fsp3) is 0.167. The molecule has 3 heteroatoms. The summed E-state index contributed by atoms with van der Waals surface area (Å²) in [6, 6.07) is 28.4. The number of hydrogen-bond donors (Lipinski definition) is 0. The number of fused-ring (bicyclic) bond motifs is 3. The average Bonchev–Trinajstić information content (AvgIpc) is 3.43. The Morgan fingerprint density at radius 3 is 2.55 bits per heavy atom. The van der Waals surface area contributed by atoms with E-state index >= 15 is 0 Å². The van der Waals surface area contributed by atoms with Crippen molar-refractivity contribution in [2.75, 3.05) is 0 Å². The first kappa shape index (κ1) is 17.7. The van der Waals surface area contributed by atoms with Crippen LogP contribution in [0.5, 0.6) is 0 Å². The molecule has 0 saturated heterocycles. The highest BCUT2D eigenvalue weighted by Crippen LogP contribution is 2.37. The molecule has 3 nitrogen and oxygen atoms in total. The number of rotatable bonds is 3. The van der Waals surface area contributed by atoms with Gasteiger partial charge in [0.2, 0.25) is 0 Å². The van der Waals surface area contributed by atoms with Crippen LogP contribution in [0, 0.1) is 5.41 Å². The van der Waals surface area contributed by atoms with Gasteiger partial charge >= 0.3 is 0 Å². The minimum Gasteiger partial charge on any atom is -0.464 e. The van der Waals surface area contributed by atoms with Gasteiger partial charge in [-0.15, -0.1) is 0 Å². The van der Waals surface area contributed by atoms with Crippen LogP contribution >= 0.6 is 0 Å². The van der Waals surface area contributed by atoms with Gasteiger partial charge < -0.3 is 4.42 Å². The van der Waals surface area contributed by atoms with Crippen molar-refractivity contribution in [2.45, 2.75) is 27.1 Å². The van der Waals surface area contributed by atoms with Crippen molar-refractivity contribution in [1.82, 2.24) is 9.55 Å². The summed E-state index contributed by atoms with van der Waals surface area (Å²) in [6.07, 6.45) is 0.232. The molecular weight excluding hydrogens is 404 g/mol. The average molecular weight is 433 g/mol. The first-order valence-corrected chi connectivity index (χ1v) is 11.2. The lowest BCUT2D eigenvalue weighted by Crippen LogP contribution is -2.08. The van der Waals surface area contributed by atoms with Crippen LogP contribution in [0.1, 0.15) is 29.1 Å². The second kappa shape index (κ2) is 7.35. The van der Waals surface area contributed by atoms with Gasteiger partial charge in [0.1, 0.15) is 17.7 Å². The molecule has 0 aliphatic rings. The number of aromatic nitrogens is 2. The van der Waals surface area contributed by atoms with Gasteiger partial charge in [0.15, 0.2) is 0 Å². The summed E-state index contributed by atoms with van der Waals surface area (Å²) in [4.78, 5) is 5.04. The van der Waals surface area contributed by atoms with Gasteiger partial charge in [-0.3, -0.25) is 4.57 Å². The third kappa shape index (κ3) is 3.41. The number of hydrogen-bond acceptors (Lipinski definition) is 2. The predicted molar refractivity (Wildman–Crippen MR) is 137 cm³/mol. The second-order valence-electron chi connectivity index (χ2n) is 9.49. The van der Waals surface area contributed by atoms with Gasteiger partial charge in [0.05, 0.1) is 22.3 Å². The molecule has 0 spiro atoms. The number of nitrogens with zero attached hydrogens (tertiary/aromatic N) is 2. The minimum atomic E-state index is -1.51. The molecule has 0 N–H and O–H groups in total. The van der Waals surface area contributed by atoms with E-state index < -0.39 is 11.8 Å². The zero-order valence-electron chi connectivity index (χ0n) is 21.0. The molecule has 2 aromatic heterocycles. The lowest BCUT2D eigenvalue weighted by molar-refractivity contribution is 0.411. The van der Waals surface area contributed by atoms with Crippen LogP contribution in [0.2, 0.25) is 0 Å². The van der Waals surface area contributed by atoms with Crippen molar-refractivity contribution in [3.8, 4) is 17.1 Å². The summed E-state index contributed by atoms with van der Waals surface area (Å²) >= 11 is 0. The highest BCUT2D eigenvalue weighted by molar-refractivity contribution is 5.98. The normalized spacial score (nSPS) is 13.5. The van der Waals surface area contributed by atoms with E-state index in [4.69, 9.17) is 12.1 Å². The van der Waals surface area contributed by atoms with Crippen LogP contribution < -0.4 is 0 Å². The fourth-order valence-electron chi connectivity index (χ4n) is 4.57. The highest BCUT2D eigenvalue weighted by atomic mass is 16.3. The summed E-state index contributed by atoms with van der Waals surface area (Å²) in [5, 5.41) is 3.15. The van der Waals surface area contributed by atoms with Crippen molar-refractivity contribution in [3.63, 3.8) is 0 Å². The fourth-order valence-corrected chi connectivity index (χ4v) is 4.57. The Balaban J connectivity index is 1.66. The molecule has 0 fully saturated rings. The maximum atomic E-state index is 8.79. The molecule has 0 saturated carbocycles. The van der Waals surface area contributed by atoms with Crippen molar-refractivity contribution < 1.29 is 7.16 Å². The molecule has 162 valence electrons. The van der Waals surface area contributed by atoms with Crippen LogP contribution in [0.15, 0.2) is 95.6 Å². The number of para-hydroxylation sites is 2. The van der Waals surface area contributed by atoms with Crippen LogP contribution in [-0.2, 0) is 6.37 Å². The summed E-state index contributed by atoms with van der Waals surface area (Å²) < 4.78 is 25.7. The van der Waals surface area contributed by atoms with Gasteiger partial charge in [0, 0.05) is 13.5 Å². The Bertz CT molecular complexity index is 1710. The Labute approximate surface area is 196 Å². The molecule has 0 atom stereocenters. The van der Waals surface area contributed by atoms with Crippen molar-refractivity contribution in [3.05, 3.63) is 96.8 Å². The molecule has 2 heterocycles. The van der Waals surface area contributed by atoms with Crippen LogP contribution in [0.4, 0.5) is 0 Å². The van der Waals surface area contributed by atoms with Gasteiger partial charge in [-0.1, -0.05) is 75.4 Å². The van der Waals surface area contributed by atoms with Crippen molar-refractivity contribution >= 4 is 32.8 Å². The molecule has 0 bridgehead atoms. The molecule has 4 aromatic carbocycles. The second-order valence-corrected chi connectivity index (χ2v) is 9.49. The van der Waals surface area contributed by atoms with Crippen LogP contribution in [-0.4, -0.2) is 9.55 Å². The molecule has 0 aliphatic carbocycles. The first-order valence-electron chi connectivity index (χ1n) is 12.2. The van der Waals surface area contributed by atoms with E-state index in [1.165, 1.54) is 0 Å². The maximum Gasteiger partial charge on any atom is 0.149 e. The Hall–Kier alpha value is -3.85. The Kier molecular flexibility index (Phi) is 3.93. The summed E-state index contributed by atoms with van der Waals surface area (Å²) in [7, 11) is 0. The molecule has 0 aliphatic heterocycles. The highest BCUT2D eigenvalue weighted by Gasteiger charge is 2.20. The summed E-state index contributed by atoms with van der Waals surface area (Å²) in [6.45, 7) is 5.77. The molecule has 6 aromatic rings. The number of furan rings is 1. The minimum absolute atomic E-state index is 0.555. The topological polar surface area (TPSA) is 31.0 Å². The predicted octanol–water partition coefficient (Wildman–Crippen LogP) is 8.18. The molecule has 6 rings (SSSR count). The van der Waals surface area contributed by atoms with E-state index in [-0.39, 0.29) is 0 Å². The third-order valence-electron chi connectivity index (χ3n) is 5.90. The molecule has 0 unspecified atom stereocenters. The Morgan fingerprint density at radius 1 is 0.879 bits per heavy atom. The van der Waals surface area contributed by atoms with Crippen molar-refractivity contribution in [1.29, 1.82) is 0 Å². The zero-order chi connectivity index (χ0) is 24.4. The van der Waals surface area contributed by atoms with Gasteiger partial charge in [-0.25, -0.2) is 4.98 Å². The summed E-state index contributed by atoms with van der Waals surface area (Å²) in [5.41, 5.74) is 4.58. The first-order chi connectivity index (χ1) is 16.8. The van der Waals surface area contributed by atoms with Gasteiger partial charge in [-0.05, 0) is 53.1 Å².